The second-order valence-corrected chi connectivity index (χ2v) is 5.24. The Hall–Kier alpha value is -3.66. The summed E-state index contributed by atoms with van der Waals surface area (Å²) < 4.78 is 12.8. The van der Waals surface area contributed by atoms with Crippen molar-refractivity contribution in [3.8, 4) is 12.3 Å². The number of benzene rings is 2. The molecule has 7 heteroatoms. The van der Waals surface area contributed by atoms with Crippen molar-refractivity contribution in [3.05, 3.63) is 65.5 Å². The lowest BCUT2D eigenvalue weighted by Gasteiger charge is -2.08. The highest BCUT2D eigenvalue weighted by molar-refractivity contribution is 5.98. The molecule has 0 aliphatic carbocycles. The van der Waals surface area contributed by atoms with Crippen LogP contribution in [-0.4, -0.2) is 30.8 Å². The summed E-state index contributed by atoms with van der Waals surface area (Å²) in [7, 11) is 0. The van der Waals surface area contributed by atoms with Crippen LogP contribution in [0.2, 0.25) is 0 Å². The number of anilines is 1. The zero-order valence-electron chi connectivity index (χ0n) is 13.7. The van der Waals surface area contributed by atoms with Crippen LogP contribution in [0.25, 0.3) is 0 Å². The third-order valence-electron chi connectivity index (χ3n) is 3.28. The van der Waals surface area contributed by atoms with E-state index in [1.165, 1.54) is 12.1 Å². The summed E-state index contributed by atoms with van der Waals surface area (Å²) in [6, 6.07) is 11.6. The van der Waals surface area contributed by atoms with Crippen LogP contribution in [0.1, 0.15) is 15.9 Å². The van der Waals surface area contributed by atoms with Crippen molar-refractivity contribution in [3.63, 3.8) is 0 Å². The molecule has 0 saturated heterocycles. The maximum atomic E-state index is 12.8. The standard InChI is InChI=1S/C19H16FN3O3/c1-2-13-4-3-5-16(10-13)23-18(25)12-21-17(24)11-22-19(26)14-6-8-15(20)9-7-14/h1,3-10H,11-12H2,(H,21,24)(H,22,26)(H,23,25). The van der Waals surface area contributed by atoms with E-state index in [0.717, 1.165) is 12.1 Å². The largest absolute Gasteiger partial charge is 0.345 e. The van der Waals surface area contributed by atoms with Gasteiger partial charge < -0.3 is 16.0 Å². The van der Waals surface area contributed by atoms with Gasteiger partial charge in [-0.05, 0) is 42.5 Å². The number of nitrogens with one attached hydrogen (secondary N) is 3. The lowest BCUT2D eigenvalue weighted by Crippen LogP contribution is -2.40. The minimum absolute atomic E-state index is 0.227. The summed E-state index contributed by atoms with van der Waals surface area (Å²) in [6.07, 6.45) is 5.28. The van der Waals surface area contributed by atoms with Crippen molar-refractivity contribution >= 4 is 23.4 Å². The van der Waals surface area contributed by atoms with E-state index in [0.29, 0.717) is 11.3 Å². The molecule has 2 rings (SSSR count). The molecule has 2 aromatic rings. The van der Waals surface area contributed by atoms with Gasteiger partial charge in [-0.2, -0.15) is 0 Å². The van der Waals surface area contributed by atoms with E-state index < -0.39 is 23.5 Å². The van der Waals surface area contributed by atoms with Gasteiger partial charge in [-0.1, -0.05) is 12.0 Å². The minimum Gasteiger partial charge on any atom is -0.345 e. The van der Waals surface area contributed by atoms with Crippen LogP contribution in [0, 0.1) is 18.2 Å². The molecule has 132 valence electrons. The van der Waals surface area contributed by atoms with Crippen LogP contribution in [0.5, 0.6) is 0 Å². The molecule has 0 fully saturated rings. The monoisotopic (exact) mass is 353 g/mol. The second-order valence-electron chi connectivity index (χ2n) is 5.24. The molecule has 26 heavy (non-hydrogen) atoms. The Bertz CT molecular complexity index is 857. The summed E-state index contributed by atoms with van der Waals surface area (Å²) in [6.45, 7) is -0.568. The first-order chi connectivity index (χ1) is 12.5. The molecule has 0 atom stereocenters. The molecule has 3 N–H and O–H groups in total. The van der Waals surface area contributed by atoms with E-state index in [1.54, 1.807) is 24.3 Å². The third-order valence-corrected chi connectivity index (χ3v) is 3.28. The average Bonchev–Trinajstić information content (AvgIpc) is 2.65. The van der Waals surface area contributed by atoms with Crippen molar-refractivity contribution in [2.75, 3.05) is 18.4 Å². The SMILES string of the molecule is C#Cc1cccc(NC(=O)CNC(=O)CNC(=O)c2ccc(F)cc2)c1. The third kappa shape index (κ3) is 5.76. The van der Waals surface area contributed by atoms with Crippen molar-refractivity contribution in [1.82, 2.24) is 10.6 Å². The Kier molecular flexibility index (Phi) is 6.46. The Balaban J connectivity index is 1.74. The van der Waals surface area contributed by atoms with Crippen molar-refractivity contribution in [2.24, 2.45) is 0 Å². The predicted molar refractivity (Wildman–Crippen MR) is 94.7 cm³/mol. The zero-order valence-corrected chi connectivity index (χ0v) is 13.7. The molecule has 0 aliphatic heterocycles. The van der Waals surface area contributed by atoms with Gasteiger partial charge in [0.15, 0.2) is 0 Å². The van der Waals surface area contributed by atoms with Crippen LogP contribution in [0.15, 0.2) is 48.5 Å². The summed E-state index contributed by atoms with van der Waals surface area (Å²) in [4.78, 5) is 35.3. The topological polar surface area (TPSA) is 87.3 Å². The van der Waals surface area contributed by atoms with Gasteiger partial charge >= 0.3 is 0 Å². The number of halogens is 1. The van der Waals surface area contributed by atoms with Crippen LogP contribution < -0.4 is 16.0 Å². The van der Waals surface area contributed by atoms with E-state index in [1.807, 2.05) is 0 Å². The van der Waals surface area contributed by atoms with E-state index in [-0.39, 0.29) is 18.7 Å². The van der Waals surface area contributed by atoms with Crippen molar-refractivity contribution in [2.45, 2.75) is 0 Å². The molecule has 0 saturated carbocycles. The highest BCUT2D eigenvalue weighted by atomic mass is 19.1. The molecule has 6 nitrogen and oxygen atoms in total. The van der Waals surface area contributed by atoms with Crippen LogP contribution in [0.4, 0.5) is 10.1 Å². The minimum atomic E-state index is -0.534. The predicted octanol–water partition coefficient (Wildman–Crippen LogP) is 1.29. The van der Waals surface area contributed by atoms with Gasteiger partial charge in [0.2, 0.25) is 11.8 Å². The Morgan fingerprint density at radius 1 is 0.962 bits per heavy atom. The molecule has 0 radical (unpaired) electrons. The first-order valence-electron chi connectivity index (χ1n) is 7.65. The lowest BCUT2D eigenvalue weighted by molar-refractivity contribution is -0.123. The van der Waals surface area contributed by atoms with E-state index in [9.17, 15) is 18.8 Å². The van der Waals surface area contributed by atoms with Crippen LogP contribution in [-0.2, 0) is 9.59 Å². The average molecular weight is 353 g/mol. The number of hydrogen-bond acceptors (Lipinski definition) is 3. The number of carbonyl (C=O) groups excluding carboxylic acids is 3. The highest BCUT2D eigenvalue weighted by Crippen LogP contribution is 2.09. The Morgan fingerprint density at radius 2 is 1.65 bits per heavy atom. The van der Waals surface area contributed by atoms with Crippen molar-refractivity contribution in [1.29, 1.82) is 0 Å². The zero-order chi connectivity index (χ0) is 18.9. The first-order valence-corrected chi connectivity index (χ1v) is 7.65. The molecule has 0 aliphatic rings. The quantitative estimate of drug-likeness (QED) is 0.684. The molecule has 3 amide bonds. The summed E-state index contributed by atoms with van der Waals surface area (Å²) in [5.41, 5.74) is 1.37. The molecule has 0 heterocycles. The summed E-state index contributed by atoms with van der Waals surface area (Å²) in [5.74, 6) is 0.507. The van der Waals surface area contributed by atoms with Gasteiger partial charge in [0.1, 0.15) is 5.82 Å². The summed E-state index contributed by atoms with van der Waals surface area (Å²) in [5, 5.41) is 7.36. The van der Waals surface area contributed by atoms with Gasteiger partial charge in [-0.3, -0.25) is 14.4 Å². The van der Waals surface area contributed by atoms with Gasteiger partial charge in [-0.25, -0.2) is 4.39 Å². The second kappa shape index (κ2) is 8.99. The van der Waals surface area contributed by atoms with E-state index in [4.69, 9.17) is 6.42 Å². The number of rotatable bonds is 6. The molecule has 0 unspecified atom stereocenters. The number of terminal acetylenes is 1. The molecule has 2 aromatic carbocycles. The number of hydrogen-bond donors (Lipinski definition) is 3. The molecular weight excluding hydrogens is 337 g/mol. The Morgan fingerprint density at radius 3 is 2.35 bits per heavy atom. The smallest absolute Gasteiger partial charge is 0.251 e. The van der Waals surface area contributed by atoms with Gasteiger partial charge in [0.05, 0.1) is 13.1 Å². The number of amides is 3. The first kappa shape index (κ1) is 18.7. The molecule has 0 spiro atoms. The van der Waals surface area contributed by atoms with Gasteiger partial charge in [0.25, 0.3) is 5.91 Å². The normalized spacial score (nSPS) is 9.69. The maximum absolute atomic E-state index is 12.8. The van der Waals surface area contributed by atoms with Crippen molar-refractivity contribution < 1.29 is 18.8 Å². The fourth-order valence-corrected chi connectivity index (χ4v) is 2.00. The number of carbonyl (C=O) groups is 3. The maximum Gasteiger partial charge on any atom is 0.251 e. The fraction of sp³-hybridized carbons (Fsp3) is 0.105. The highest BCUT2D eigenvalue weighted by Gasteiger charge is 2.09. The van der Waals surface area contributed by atoms with Crippen LogP contribution in [0.3, 0.4) is 0 Å². The lowest BCUT2D eigenvalue weighted by atomic mass is 10.2. The van der Waals surface area contributed by atoms with E-state index >= 15 is 0 Å². The van der Waals surface area contributed by atoms with Gasteiger partial charge in [0, 0.05) is 16.8 Å². The Labute approximate surface area is 149 Å². The van der Waals surface area contributed by atoms with E-state index in [2.05, 4.69) is 21.9 Å². The van der Waals surface area contributed by atoms with Crippen LogP contribution >= 0.6 is 0 Å². The molecule has 0 bridgehead atoms. The molecular formula is C19H16FN3O3. The molecule has 0 aromatic heterocycles. The summed E-state index contributed by atoms with van der Waals surface area (Å²) >= 11 is 0. The van der Waals surface area contributed by atoms with Gasteiger partial charge in [-0.15, -0.1) is 6.42 Å². The fourth-order valence-electron chi connectivity index (χ4n) is 2.00.